The molecule has 0 unspecified atom stereocenters. The maximum atomic E-state index is 12.9. The molecule has 2 aliphatic heterocycles. The molecular weight excluding hydrogens is 353 g/mol. The zero-order chi connectivity index (χ0) is 15.4. The molecule has 2 fully saturated rings. The molecule has 0 spiro atoms. The van der Waals surface area contributed by atoms with Crippen molar-refractivity contribution in [2.75, 3.05) is 50.8 Å². The maximum absolute atomic E-state index is 12.9. The number of rotatable bonds is 3. The van der Waals surface area contributed by atoms with Crippen LogP contribution in [0.15, 0.2) is 18.6 Å². The number of carbonyl (C=O) groups excluding carboxylic acids is 1. The third-order valence-electron chi connectivity index (χ3n) is 4.73. The number of amides is 1. The van der Waals surface area contributed by atoms with Gasteiger partial charge in [-0.2, -0.15) is 0 Å². The average Bonchev–Trinajstić information content (AvgIpc) is 2.62. The summed E-state index contributed by atoms with van der Waals surface area (Å²) in [7, 11) is 0. The van der Waals surface area contributed by atoms with Crippen molar-refractivity contribution in [2.24, 2.45) is 11.1 Å². The number of halogens is 2. The Labute approximate surface area is 154 Å². The number of piperazine rings is 1. The molecule has 3 rings (SSSR count). The Bertz CT molecular complexity index is 506. The van der Waals surface area contributed by atoms with Crippen molar-refractivity contribution >= 4 is 36.5 Å². The van der Waals surface area contributed by atoms with Gasteiger partial charge in [-0.25, -0.2) is 4.98 Å². The van der Waals surface area contributed by atoms with Gasteiger partial charge in [-0.3, -0.25) is 9.78 Å². The molecule has 24 heavy (non-hydrogen) atoms. The number of anilines is 1. The van der Waals surface area contributed by atoms with E-state index in [4.69, 9.17) is 10.5 Å². The van der Waals surface area contributed by atoms with E-state index in [1.165, 1.54) is 0 Å². The molecule has 1 aromatic rings. The van der Waals surface area contributed by atoms with Crippen molar-refractivity contribution in [1.29, 1.82) is 0 Å². The highest BCUT2D eigenvalue weighted by Crippen LogP contribution is 2.32. The van der Waals surface area contributed by atoms with Gasteiger partial charge in [0.05, 0.1) is 11.6 Å². The number of nitrogens with zero attached hydrogens (tertiary/aromatic N) is 4. The first kappa shape index (κ1) is 20.9. The number of nitrogens with two attached hydrogens (primary N) is 1. The molecule has 2 aliphatic rings. The summed E-state index contributed by atoms with van der Waals surface area (Å²) in [4.78, 5) is 25.4. The summed E-state index contributed by atoms with van der Waals surface area (Å²) in [5.74, 6) is 1.06. The van der Waals surface area contributed by atoms with Crippen LogP contribution >= 0.6 is 24.8 Å². The lowest BCUT2D eigenvalue weighted by Crippen LogP contribution is -2.56. The summed E-state index contributed by atoms with van der Waals surface area (Å²) in [5, 5.41) is 0. The minimum Gasteiger partial charge on any atom is -0.381 e. The Hall–Kier alpha value is -1.15. The fourth-order valence-electron chi connectivity index (χ4n) is 3.20. The molecule has 2 saturated heterocycles. The molecular formula is C15H25Cl2N5O2. The van der Waals surface area contributed by atoms with Crippen LogP contribution in [-0.2, 0) is 9.53 Å². The Morgan fingerprint density at radius 2 is 1.83 bits per heavy atom. The molecule has 9 heteroatoms. The van der Waals surface area contributed by atoms with Gasteiger partial charge in [0.1, 0.15) is 5.82 Å². The second kappa shape index (κ2) is 9.36. The number of hydrogen-bond acceptors (Lipinski definition) is 6. The lowest BCUT2D eigenvalue weighted by molar-refractivity contribution is -0.147. The van der Waals surface area contributed by atoms with Crippen molar-refractivity contribution in [2.45, 2.75) is 12.8 Å². The van der Waals surface area contributed by atoms with Crippen molar-refractivity contribution in [1.82, 2.24) is 14.9 Å². The average molecular weight is 378 g/mol. The highest BCUT2D eigenvalue weighted by Gasteiger charge is 2.42. The number of ether oxygens (including phenoxy) is 1. The van der Waals surface area contributed by atoms with Crippen LogP contribution in [-0.4, -0.2) is 66.7 Å². The van der Waals surface area contributed by atoms with E-state index in [-0.39, 0.29) is 30.7 Å². The molecule has 1 aromatic heterocycles. The van der Waals surface area contributed by atoms with Gasteiger partial charge in [-0.05, 0) is 12.8 Å². The monoisotopic (exact) mass is 377 g/mol. The normalized spacial score (nSPS) is 19.9. The Morgan fingerprint density at radius 3 is 2.38 bits per heavy atom. The van der Waals surface area contributed by atoms with Gasteiger partial charge >= 0.3 is 0 Å². The molecule has 1 amide bonds. The van der Waals surface area contributed by atoms with Gasteiger partial charge in [0.15, 0.2) is 0 Å². The van der Waals surface area contributed by atoms with Gasteiger partial charge < -0.3 is 20.3 Å². The van der Waals surface area contributed by atoms with Crippen LogP contribution in [0.1, 0.15) is 12.8 Å². The molecule has 0 atom stereocenters. The van der Waals surface area contributed by atoms with E-state index in [2.05, 4.69) is 14.9 Å². The van der Waals surface area contributed by atoms with Crippen LogP contribution < -0.4 is 10.6 Å². The SMILES string of the molecule is Cl.Cl.NCC1(C(=O)N2CCN(c3cnccn3)CC2)CCOCC1. The Balaban J connectivity index is 0.00000144. The van der Waals surface area contributed by atoms with Crippen LogP contribution in [0, 0.1) is 5.41 Å². The van der Waals surface area contributed by atoms with Gasteiger partial charge in [-0.1, -0.05) is 0 Å². The van der Waals surface area contributed by atoms with Gasteiger partial charge in [0, 0.05) is 58.3 Å². The van der Waals surface area contributed by atoms with Crippen LogP contribution in [0.3, 0.4) is 0 Å². The summed E-state index contributed by atoms with van der Waals surface area (Å²) in [6.07, 6.45) is 6.58. The summed E-state index contributed by atoms with van der Waals surface area (Å²) in [6.45, 7) is 4.63. The smallest absolute Gasteiger partial charge is 0.230 e. The lowest BCUT2D eigenvalue weighted by atomic mass is 9.78. The highest BCUT2D eigenvalue weighted by molar-refractivity contribution is 5.85. The van der Waals surface area contributed by atoms with Crippen LogP contribution in [0.25, 0.3) is 0 Å². The Morgan fingerprint density at radius 1 is 1.17 bits per heavy atom. The van der Waals surface area contributed by atoms with E-state index in [1.54, 1.807) is 18.6 Å². The lowest BCUT2D eigenvalue weighted by Gasteiger charge is -2.42. The van der Waals surface area contributed by atoms with E-state index >= 15 is 0 Å². The third kappa shape index (κ3) is 4.27. The van der Waals surface area contributed by atoms with E-state index in [9.17, 15) is 4.79 Å². The molecule has 0 aromatic carbocycles. The quantitative estimate of drug-likeness (QED) is 0.835. The van der Waals surface area contributed by atoms with Gasteiger partial charge in [0.25, 0.3) is 0 Å². The largest absolute Gasteiger partial charge is 0.381 e. The molecule has 0 bridgehead atoms. The third-order valence-corrected chi connectivity index (χ3v) is 4.73. The summed E-state index contributed by atoms with van der Waals surface area (Å²) in [5.41, 5.74) is 5.51. The van der Waals surface area contributed by atoms with Crippen LogP contribution in [0.2, 0.25) is 0 Å². The van der Waals surface area contributed by atoms with E-state index in [0.717, 1.165) is 31.7 Å². The van der Waals surface area contributed by atoms with Crippen molar-refractivity contribution in [3.05, 3.63) is 18.6 Å². The fourth-order valence-corrected chi connectivity index (χ4v) is 3.20. The Kier molecular flexibility index (Phi) is 8.15. The van der Waals surface area contributed by atoms with Crippen molar-refractivity contribution < 1.29 is 9.53 Å². The molecule has 136 valence electrons. The number of carbonyl (C=O) groups is 1. The molecule has 0 saturated carbocycles. The van der Waals surface area contributed by atoms with Crippen molar-refractivity contribution in [3.8, 4) is 0 Å². The van der Waals surface area contributed by atoms with Crippen LogP contribution in [0.4, 0.5) is 5.82 Å². The molecule has 0 radical (unpaired) electrons. The van der Waals surface area contributed by atoms with Crippen molar-refractivity contribution in [3.63, 3.8) is 0 Å². The van der Waals surface area contributed by atoms with Crippen LogP contribution in [0.5, 0.6) is 0 Å². The predicted molar refractivity (Wildman–Crippen MR) is 96.9 cm³/mol. The van der Waals surface area contributed by atoms with E-state index < -0.39 is 5.41 Å². The first-order valence-corrected chi connectivity index (χ1v) is 7.83. The number of hydrogen-bond donors (Lipinski definition) is 1. The predicted octanol–water partition coefficient (Wildman–Crippen LogP) is 0.724. The fraction of sp³-hybridized carbons (Fsp3) is 0.667. The second-order valence-electron chi connectivity index (χ2n) is 5.94. The minimum atomic E-state index is -0.424. The molecule has 0 aliphatic carbocycles. The first-order valence-electron chi connectivity index (χ1n) is 7.83. The topological polar surface area (TPSA) is 84.6 Å². The first-order chi connectivity index (χ1) is 10.7. The van der Waals surface area contributed by atoms with Gasteiger partial charge in [-0.15, -0.1) is 24.8 Å². The zero-order valence-electron chi connectivity index (χ0n) is 13.6. The zero-order valence-corrected chi connectivity index (χ0v) is 15.2. The van der Waals surface area contributed by atoms with Gasteiger partial charge in [0.2, 0.25) is 5.91 Å². The summed E-state index contributed by atoms with van der Waals surface area (Å²) in [6, 6.07) is 0. The standard InChI is InChI=1S/C15H23N5O2.2ClH/c16-12-15(1-9-22-10-2-15)14(21)20-7-5-19(6-8-20)13-11-17-3-4-18-13;;/h3-4,11H,1-2,5-10,12,16H2;2*1H. The minimum absolute atomic E-state index is 0. The van der Waals surface area contributed by atoms with E-state index in [0.29, 0.717) is 32.8 Å². The number of aromatic nitrogens is 2. The summed E-state index contributed by atoms with van der Waals surface area (Å²) < 4.78 is 5.39. The highest BCUT2D eigenvalue weighted by atomic mass is 35.5. The maximum Gasteiger partial charge on any atom is 0.230 e. The molecule has 7 nitrogen and oxygen atoms in total. The molecule has 3 heterocycles. The summed E-state index contributed by atoms with van der Waals surface area (Å²) >= 11 is 0. The molecule has 2 N–H and O–H groups in total. The van der Waals surface area contributed by atoms with E-state index in [1.807, 2.05) is 4.90 Å². The second-order valence-corrected chi connectivity index (χ2v) is 5.94.